The van der Waals surface area contributed by atoms with Crippen LogP contribution in [0.2, 0.25) is 0 Å². The first kappa shape index (κ1) is 28.1. The molecule has 14 nitrogen and oxygen atoms in total. The van der Waals surface area contributed by atoms with E-state index in [0.29, 0.717) is 0 Å². The van der Waals surface area contributed by atoms with Gasteiger partial charge in [0.1, 0.15) is 24.2 Å². The minimum absolute atomic E-state index is 0.293. The van der Waals surface area contributed by atoms with E-state index in [0.717, 1.165) is 0 Å². The third-order valence-electron chi connectivity index (χ3n) is 3.89. The number of carbonyl (C=O) groups excluding carboxylic acids is 3. The summed E-state index contributed by atoms with van der Waals surface area (Å²) in [5.41, 5.74) is 5.35. The number of aliphatic hydroxyl groups excluding tert-OH is 1. The minimum atomic E-state index is -1.53. The predicted octanol–water partition coefficient (Wildman–Crippen LogP) is -3.50. The Morgan fingerprint density at radius 1 is 0.742 bits per heavy atom. The Balaban J connectivity index is 5.23. The maximum absolute atomic E-state index is 12.5. The molecule has 4 atom stereocenters. The lowest BCUT2D eigenvalue weighted by atomic mass is 10.1. The molecule has 0 rings (SSSR count). The van der Waals surface area contributed by atoms with Gasteiger partial charge in [0.2, 0.25) is 17.7 Å². The highest BCUT2D eigenvalue weighted by Gasteiger charge is 2.30. The summed E-state index contributed by atoms with van der Waals surface area (Å²) in [4.78, 5) is 69.3. The number of carboxylic acid groups (broad SMARTS) is 3. The van der Waals surface area contributed by atoms with Gasteiger partial charge >= 0.3 is 17.9 Å². The molecule has 0 aromatic heterocycles. The zero-order valence-corrected chi connectivity index (χ0v) is 17.2. The van der Waals surface area contributed by atoms with Crippen molar-refractivity contribution in [3.63, 3.8) is 0 Å². The lowest BCUT2D eigenvalue weighted by Gasteiger charge is -2.24. The van der Waals surface area contributed by atoms with Gasteiger partial charge in [0.15, 0.2) is 0 Å². The van der Waals surface area contributed by atoms with E-state index in [1.54, 1.807) is 0 Å². The Morgan fingerprint density at radius 2 is 1.16 bits per heavy atom. The number of carboxylic acids is 3. The number of aliphatic hydroxyl groups is 1. The van der Waals surface area contributed by atoms with Crippen LogP contribution in [0, 0.1) is 0 Å². The first-order chi connectivity index (χ1) is 14.4. The topological polar surface area (TPSA) is 245 Å². The largest absolute Gasteiger partial charge is 0.481 e. The molecule has 0 fully saturated rings. The number of thiol groups is 1. The molecule has 0 aliphatic rings. The molecule has 0 aromatic carbocycles. The number of nitrogens with one attached hydrogen (secondary N) is 3. The Hall–Kier alpha value is -2.91. The van der Waals surface area contributed by atoms with E-state index in [4.69, 9.17) is 26.2 Å². The molecule has 31 heavy (non-hydrogen) atoms. The molecule has 0 aromatic rings. The summed E-state index contributed by atoms with van der Waals surface area (Å²) in [6, 6.07) is -5.69. The van der Waals surface area contributed by atoms with Gasteiger partial charge in [-0.05, 0) is 12.8 Å². The number of hydrogen-bond acceptors (Lipinski definition) is 9. The molecule has 9 N–H and O–H groups in total. The van der Waals surface area contributed by atoms with Crippen molar-refractivity contribution in [3.8, 4) is 0 Å². The van der Waals surface area contributed by atoms with Crippen molar-refractivity contribution in [2.45, 2.75) is 49.9 Å². The van der Waals surface area contributed by atoms with Gasteiger partial charge in [-0.2, -0.15) is 12.6 Å². The van der Waals surface area contributed by atoms with Crippen molar-refractivity contribution >= 4 is 48.3 Å². The normalized spacial score (nSPS) is 14.4. The van der Waals surface area contributed by atoms with E-state index in [1.807, 2.05) is 0 Å². The molecule has 0 radical (unpaired) electrons. The van der Waals surface area contributed by atoms with Gasteiger partial charge in [-0.1, -0.05) is 0 Å². The average molecular weight is 466 g/mol. The minimum Gasteiger partial charge on any atom is -0.481 e. The molecule has 4 unspecified atom stereocenters. The van der Waals surface area contributed by atoms with Crippen molar-refractivity contribution in [2.75, 3.05) is 12.4 Å². The Morgan fingerprint density at radius 3 is 1.58 bits per heavy atom. The van der Waals surface area contributed by atoms with Gasteiger partial charge in [0, 0.05) is 18.6 Å². The molecule has 0 heterocycles. The monoisotopic (exact) mass is 466 g/mol. The van der Waals surface area contributed by atoms with Crippen LogP contribution >= 0.6 is 12.6 Å². The first-order valence-corrected chi connectivity index (χ1v) is 9.60. The molecule has 176 valence electrons. The zero-order valence-electron chi connectivity index (χ0n) is 16.3. The number of hydrogen-bond donors (Lipinski definition) is 9. The lowest BCUT2D eigenvalue weighted by Crippen LogP contribution is -2.58. The summed E-state index contributed by atoms with van der Waals surface area (Å²) in [5.74, 6) is -7.17. The van der Waals surface area contributed by atoms with Crippen molar-refractivity contribution in [1.82, 2.24) is 16.0 Å². The first-order valence-electron chi connectivity index (χ1n) is 8.97. The fourth-order valence-electron chi connectivity index (χ4n) is 2.16. The van der Waals surface area contributed by atoms with Crippen molar-refractivity contribution < 1.29 is 49.2 Å². The van der Waals surface area contributed by atoms with Gasteiger partial charge in [-0.25, -0.2) is 4.79 Å². The van der Waals surface area contributed by atoms with Crippen molar-refractivity contribution in [2.24, 2.45) is 5.73 Å². The van der Waals surface area contributed by atoms with Crippen LogP contribution in [0.25, 0.3) is 0 Å². The summed E-state index contributed by atoms with van der Waals surface area (Å²) >= 11 is 3.91. The summed E-state index contributed by atoms with van der Waals surface area (Å²) < 4.78 is 0. The summed E-state index contributed by atoms with van der Waals surface area (Å²) in [6.07, 6.45) is -1.80. The number of amides is 3. The highest BCUT2D eigenvalue weighted by Crippen LogP contribution is 2.03. The molecule has 15 heteroatoms. The van der Waals surface area contributed by atoms with E-state index >= 15 is 0 Å². The second-order valence-corrected chi connectivity index (χ2v) is 6.72. The van der Waals surface area contributed by atoms with Gasteiger partial charge in [0.25, 0.3) is 0 Å². The summed E-state index contributed by atoms with van der Waals surface area (Å²) in [5, 5.41) is 41.9. The molecular weight excluding hydrogens is 440 g/mol. The summed E-state index contributed by atoms with van der Waals surface area (Å²) in [6.45, 7) is -0.728. The number of aliphatic carboxylic acids is 3. The van der Waals surface area contributed by atoms with Crippen LogP contribution in [0.4, 0.5) is 0 Å². The molecule has 0 bridgehead atoms. The summed E-state index contributed by atoms with van der Waals surface area (Å²) in [7, 11) is 0. The smallest absolute Gasteiger partial charge is 0.326 e. The quantitative estimate of drug-likeness (QED) is 0.107. The number of nitrogens with two attached hydrogens (primary N) is 1. The maximum Gasteiger partial charge on any atom is 0.326 e. The fourth-order valence-corrected chi connectivity index (χ4v) is 2.42. The van der Waals surface area contributed by atoms with Crippen LogP contribution in [0.5, 0.6) is 0 Å². The molecule has 0 spiro atoms. The van der Waals surface area contributed by atoms with E-state index in [2.05, 4.69) is 28.6 Å². The standard InChI is InChI=1S/C16H26N4O10S/c17-7(5-21)13(26)18-8(1-3-11(22)23)14(27)20-10(6-31)15(28)19-9(16(29)30)2-4-12(24)25/h7-10,21,31H,1-6,17H2,(H,18,26)(H,19,28)(H,20,27)(H,22,23)(H,24,25)(H,29,30). The van der Waals surface area contributed by atoms with Gasteiger partial charge < -0.3 is 42.1 Å². The second kappa shape index (κ2) is 14.2. The van der Waals surface area contributed by atoms with Crippen LogP contribution in [0.3, 0.4) is 0 Å². The molecule has 0 aliphatic heterocycles. The molecular formula is C16H26N4O10S. The van der Waals surface area contributed by atoms with Crippen LogP contribution in [0.1, 0.15) is 25.7 Å². The van der Waals surface area contributed by atoms with Crippen LogP contribution in [-0.4, -0.2) is 92.6 Å². The highest BCUT2D eigenvalue weighted by atomic mass is 32.1. The van der Waals surface area contributed by atoms with Crippen LogP contribution in [0.15, 0.2) is 0 Å². The van der Waals surface area contributed by atoms with Crippen LogP contribution < -0.4 is 21.7 Å². The van der Waals surface area contributed by atoms with E-state index < -0.39 is 85.7 Å². The van der Waals surface area contributed by atoms with Gasteiger partial charge in [-0.3, -0.25) is 24.0 Å². The zero-order chi connectivity index (χ0) is 24.1. The van der Waals surface area contributed by atoms with E-state index in [-0.39, 0.29) is 12.2 Å². The Kier molecular flexibility index (Phi) is 12.8. The SMILES string of the molecule is NC(CO)C(=O)NC(CCC(=O)O)C(=O)NC(CS)C(=O)NC(CCC(=O)O)C(=O)O. The van der Waals surface area contributed by atoms with Gasteiger partial charge in [-0.15, -0.1) is 0 Å². The van der Waals surface area contributed by atoms with Crippen LogP contribution in [-0.2, 0) is 28.8 Å². The molecule has 0 saturated heterocycles. The second-order valence-electron chi connectivity index (χ2n) is 6.36. The predicted molar refractivity (Wildman–Crippen MR) is 106 cm³/mol. The molecule has 0 aliphatic carbocycles. The van der Waals surface area contributed by atoms with Gasteiger partial charge in [0.05, 0.1) is 6.61 Å². The Bertz CT molecular complexity index is 689. The lowest BCUT2D eigenvalue weighted by molar-refractivity contribution is -0.143. The number of carbonyl (C=O) groups is 6. The Labute approximate surface area is 182 Å². The van der Waals surface area contributed by atoms with Crippen molar-refractivity contribution in [3.05, 3.63) is 0 Å². The average Bonchev–Trinajstić information content (AvgIpc) is 2.70. The highest BCUT2D eigenvalue weighted by molar-refractivity contribution is 7.80. The third-order valence-corrected chi connectivity index (χ3v) is 4.26. The molecule has 3 amide bonds. The van der Waals surface area contributed by atoms with Crippen molar-refractivity contribution in [1.29, 1.82) is 0 Å². The van der Waals surface area contributed by atoms with E-state index in [9.17, 15) is 28.8 Å². The number of rotatable bonds is 15. The fraction of sp³-hybridized carbons (Fsp3) is 0.625. The molecule has 0 saturated carbocycles. The third kappa shape index (κ3) is 11.2. The maximum atomic E-state index is 12.5. The van der Waals surface area contributed by atoms with E-state index in [1.165, 1.54) is 0 Å².